The minimum absolute atomic E-state index is 0.00671. The van der Waals surface area contributed by atoms with Crippen molar-refractivity contribution in [3.8, 4) is 0 Å². The highest BCUT2D eigenvalue weighted by atomic mass is 16.6. The van der Waals surface area contributed by atoms with Gasteiger partial charge in [0, 0.05) is 17.8 Å². The van der Waals surface area contributed by atoms with Crippen molar-refractivity contribution in [3.63, 3.8) is 0 Å². The van der Waals surface area contributed by atoms with Crippen LogP contribution in [0.25, 0.3) is 0 Å². The van der Waals surface area contributed by atoms with E-state index in [1.165, 1.54) is 0 Å². The van der Waals surface area contributed by atoms with Crippen LogP contribution in [0.1, 0.15) is 33.6 Å². The second-order valence-corrected chi connectivity index (χ2v) is 6.45. The van der Waals surface area contributed by atoms with Crippen molar-refractivity contribution in [1.29, 1.82) is 0 Å². The van der Waals surface area contributed by atoms with Crippen molar-refractivity contribution in [2.24, 2.45) is 29.1 Å². The van der Waals surface area contributed by atoms with Gasteiger partial charge in [-0.05, 0) is 24.3 Å². The van der Waals surface area contributed by atoms with Crippen LogP contribution in [0.3, 0.4) is 0 Å². The zero-order valence-corrected chi connectivity index (χ0v) is 11.2. The highest BCUT2D eigenvalue weighted by molar-refractivity contribution is 5.93. The van der Waals surface area contributed by atoms with Gasteiger partial charge in [-0.1, -0.05) is 26.8 Å². The van der Waals surface area contributed by atoms with Crippen LogP contribution in [0.2, 0.25) is 0 Å². The average Bonchev–Trinajstić information content (AvgIpc) is 2.60. The summed E-state index contributed by atoms with van der Waals surface area (Å²) in [4.78, 5) is 23.7. The standard InChI is InChI=1S/C15H20O3/c1-8-10-4-6-15(3)7-5-11(16)9(2)12(15)13(10)18-14(8)17/h5,7-10,12-13H,4,6H2,1-3H3/t8-,9+,10-,12-,13-,15-/m1/s1. The molecular formula is C15H20O3. The van der Waals surface area contributed by atoms with Gasteiger partial charge >= 0.3 is 5.97 Å². The van der Waals surface area contributed by atoms with Crippen molar-refractivity contribution in [2.75, 3.05) is 0 Å². The molecule has 0 amide bonds. The molecule has 3 heteroatoms. The summed E-state index contributed by atoms with van der Waals surface area (Å²) in [6.45, 7) is 6.14. The molecule has 1 heterocycles. The van der Waals surface area contributed by atoms with Crippen molar-refractivity contribution < 1.29 is 14.3 Å². The van der Waals surface area contributed by atoms with Gasteiger partial charge in [0.05, 0.1) is 5.92 Å². The maximum absolute atomic E-state index is 11.9. The number of allylic oxidation sites excluding steroid dienone is 2. The second-order valence-electron chi connectivity index (χ2n) is 6.45. The lowest BCUT2D eigenvalue weighted by atomic mass is 9.55. The van der Waals surface area contributed by atoms with Gasteiger partial charge in [-0.2, -0.15) is 0 Å². The predicted molar refractivity (Wildman–Crippen MR) is 66.7 cm³/mol. The lowest BCUT2D eigenvalue weighted by Crippen LogP contribution is -2.50. The smallest absolute Gasteiger partial charge is 0.309 e. The molecule has 2 fully saturated rings. The van der Waals surface area contributed by atoms with Gasteiger partial charge in [0.2, 0.25) is 0 Å². The van der Waals surface area contributed by atoms with Crippen molar-refractivity contribution >= 4 is 11.8 Å². The molecule has 0 aromatic rings. The summed E-state index contributed by atoms with van der Waals surface area (Å²) in [7, 11) is 0. The fourth-order valence-corrected chi connectivity index (χ4v) is 4.21. The van der Waals surface area contributed by atoms with Crippen LogP contribution in [0.4, 0.5) is 0 Å². The molecule has 0 spiro atoms. The summed E-state index contributed by atoms with van der Waals surface area (Å²) in [5.74, 6) is 0.510. The summed E-state index contributed by atoms with van der Waals surface area (Å²) in [5, 5.41) is 0. The minimum Gasteiger partial charge on any atom is -0.461 e. The van der Waals surface area contributed by atoms with E-state index in [0.29, 0.717) is 5.92 Å². The van der Waals surface area contributed by atoms with Crippen LogP contribution < -0.4 is 0 Å². The van der Waals surface area contributed by atoms with E-state index in [4.69, 9.17) is 4.74 Å². The normalized spacial score (nSPS) is 50.7. The van der Waals surface area contributed by atoms with E-state index < -0.39 is 0 Å². The first kappa shape index (κ1) is 11.9. The molecule has 0 bridgehead atoms. The fourth-order valence-electron chi connectivity index (χ4n) is 4.21. The summed E-state index contributed by atoms with van der Waals surface area (Å²) in [5.41, 5.74) is 0.0127. The van der Waals surface area contributed by atoms with Crippen LogP contribution in [0.5, 0.6) is 0 Å². The molecule has 0 aromatic carbocycles. The molecule has 0 unspecified atom stereocenters. The summed E-state index contributed by atoms with van der Waals surface area (Å²) >= 11 is 0. The summed E-state index contributed by atoms with van der Waals surface area (Å²) < 4.78 is 5.61. The SMILES string of the molecule is C[C@H]1C(=O)O[C@@H]2[C@@H]1CC[C@]1(C)C=CC(=O)[C@H](C)[C@H]21. The maximum Gasteiger partial charge on any atom is 0.309 e. The molecular weight excluding hydrogens is 228 g/mol. The van der Waals surface area contributed by atoms with Gasteiger partial charge in [0.15, 0.2) is 5.78 Å². The third-order valence-corrected chi connectivity index (χ3v) is 5.44. The number of esters is 1. The molecule has 0 aromatic heterocycles. The number of hydrogen-bond donors (Lipinski definition) is 0. The third kappa shape index (κ3) is 1.42. The van der Waals surface area contributed by atoms with Crippen LogP contribution >= 0.6 is 0 Å². The molecule has 2 aliphatic carbocycles. The first-order valence-electron chi connectivity index (χ1n) is 6.87. The third-order valence-electron chi connectivity index (χ3n) is 5.44. The number of hydrogen-bond acceptors (Lipinski definition) is 3. The molecule has 18 heavy (non-hydrogen) atoms. The molecule has 3 nitrogen and oxygen atoms in total. The van der Waals surface area contributed by atoms with E-state index in [2.05, 4.69) is 6.92 Å². The number of fused-ring (bicyclic) bond motifs is 3. The Morgan fingerprint density at radius 1 is 1.28 bits per heavy atom. The number of carbonyl (C=O) groups excluding carboxylic acids is 2. The Morgan fingerprint density at radius 3 is 2.72 bits per heavy atom. The van der Waals surface area contributed by atoms with Gasteiger partial charge in [-0.3, -0.25) is 9.59 Å². The maximum atomic E-state index is 11.9. The lowest BCUT2D eigenvalue weighted by Gasteiger charge is -2.49. The van der Waals surface area contributed by atoms with Crippen LogP contribution in [0.15, 0.2) is 12.2 Å². The molecule has 1 saturated heterocycles. The molecule has 6 atom stereocenters. The Kier molecular flexibility index (Phi) is 2.45. The van der Waals surface area contributed by atoms with Crippen molar-refractivity contribution in [1.82, 2.24) is 0 Å². The highest BCUT2D eigenvalue weighted by Gasteiger charge is 2.57. The molecule has 0 N–H and O–H groups in total. The second kappa shape index (κ2) is 3.69. The fraction of sp³-hybridized carbons (Fsp3) is 0.733. The summed E-state index contributed by atoms with van der Waals surface area (Å²) in [6.07, 6.45) is 5.79. The molecule has 3 rings (SSSR count). The topological polar surface area (TPSA) is 43.4 Å². The molecule has 0 radical (unpaired) electrons. The van der Waals surface area contributed by atoms with Crippen LogP contribution in [0, 0.1) is 29.1 Å². The largest absolute Gasteiger partial charge is 0.461 e. The van der Waals surface area contributed by atoms with Crippen molar-refractivity contribution in [3.05, 3.63) is 12.2 Å². The molecule has 1 saturated carbocycles. The van der Waals surface area contributed by atoms with Gasteiger partial charge in [0.1, 0.15) is 6.10 Å². The zero-order valence-electron chi connectivity index (χ0n) is 11.2. The van der Waals surface area contributed by atoms with Gasteiger partial charge in [-0.25, -0.2) is 0 Å². The minimum atomic E-state index is -0.0801. The van der Waals surface area contributed by atoms with Gasteiger partial charge < -0.3 is 4.74 Å². The van der Waals surface area contributed by atoms with E-state index in [0.717, 1.165) is 12.8 Å². The summed E-state index contributed by atoms with van der Waals surface area (Å²) in [6, 6.07) is 0. The molecule has 1 aliphatic heterocycles. The predicted octanol–water partition coefficient (Wildman–Crippen LogP) is 2.36. The Morgan fingerprint density at radius 2 is 2.00 bits per heavy atom. The Balaban J connectivity index is 2.00. The Labute approximate surface area is 108 Å². The van der Waals surface area contributed by atoms with E-state index >= 15 is 0 Å². The lowest BCUT2D eigenvalue weighted by molar-refractivity contribution is -0.151. The molecule has 3 aliphatic rings. The van der Waals surface area contributed by atoms with Gasteiger partial charge in [-0.15, -0.1) is 0 Å². The van der Waals surface area contributed by atoms with Gasteiger partial charge in [0.25, 0.3) is 0 Å². The number of ether oxygens (including phenoxy) is 1. The van der Waals surface area contributed by atoms with Crippen LogP contribution in [-0.2, 0) is 14.3 Å². The van der Waals surface area contributed by atoms with Crippen LogP contribution in [-0.4, -0.2) is 17.9 Å². The van der Waals surface area contributed by atoms with E-state index in [-0.39, 0.29) is 41.0 Å². The number of carbonyl (C=O) groups is 2. The molecule has 98 valence electrons. The number of ketones is 1. The van der Waals surface area contributed by atoms with E-state index in [9.17, 15) is 9.59 Å². The van der Waals surface area contributed by atoms with E-state index in [1.54, 1.807) is 6.08 Å². The van der Waals surface area contributed by atoms with E-state index in [1.807, 2.05) is 19.9 Å². The van der Waals surface area contributed by atoms with Crippen molar-refractivity contribution in [2.45, 2.75) is 39.7 Å². The Hall–Kier alpha value is -1.12. The number of rotatable bonds is 0. The highest BCUT2D eigenvalue weighted by Crippen LogP contribution is 2.54. The first-order chi connectivity index (χ1) is 8.44. The average molecular weight is 248 g/mol. The Bertz CT molecular complexity index is 439. The first-order valence-corrected chi connectivity index (χ1v) is 6.87. The quantitative estimate of drug-likeness (QED) is 0.618. The monoisotopic (exact) mass is 248 g/mol. The zero-order chi connectivity index (χ0) is 13.1.